The van der Waals surface area contributed by atoms with Crippen LogP contribution in [0.4, 0.5) is 0 Å². The number of carbonyl (C=O) groups is 2. The first-order valence-electron chi connectivity index (χ1n) is 9.30. The van der Waals surface area contributed by atoms with Crippen molar-refractivity contribution in [3.63, 3.8) is 0 Å². The summed E-state index contributed by atoms with van der Waals surface area (Å²) in [5.74, 6) is 0.329. The van der Waals surface area contributed by atoms with E-state index in [2.05, 4.69) is 20.4 Å². The molecule has 5 heteroatoms. The molecule has 0 saturated heterocycles. The van der Waals surface area contributed by atoms with Crippen LogP contribution in [0.25, 0.3) is 0 Å². The third-order valence-electron chi connectivity index (χ3n) is 4.05. The maximum Gasteiger partial charge on any atom is 0.242 e. The molecule has 0 saturated carbocycles. The molecule has 1 rings (SSSR count). The number of carbonyl (C=O) groups excluding carboxylic acids is 2. The van der Waals surface area contributed by atoms with Crippen LogP contribution in [0.15, 0.2) is 31.0 Å². The van der Waals surface area contributed by atoms with E-state index in [9.17, 15) is 9.59 Å². The Bertz CT molecular complexity index is 611. The van der Waals surface area contributed by atoms with E-state index in [1.807, 2.05) is 55.6 Å². The molecule has 26 heavy (non-hydrogen) atoms. The normalized spacial score (nSPS) is 11.5. The first-order valence-corrected chi connectivity index (χ1v) is 9.30. The summed E-state index contributed by atoms with van der Waals surface area (Å²) in [6, 6.07) is 4.00. The third kappa shape index (κ3) is 7.46. The molecule has 0 N–H and O–H groups in total. The molecule has 0 unspecified atom stereocenters. The largest absolute Gasteiger partial charge is 0.353 e. The molecule has 0 aliphatic heterocycles. The van der Waals surface area contributed by atoms with Crippen LogP contribution in [0.3, 0.4) is 0 Å². The van der Waals surface area contributed by atoms with Gasteiger partial charge in [-0.2, -0.15) is 0 Å². The minimum Gasteiger partial charge on any atom is -0.353 e. The van der Waals surface area contributed by atoms with Gasteiger partial charge in [0.15, 0.2) is 0 Å². The van der Waals surface area contributed by atoms with Gasteiger partial charge in [-0.15, -0.1) is 6.58 Å². The van der Waals surface area contributed by atoms with E-state index in [1.165, 1.54) is 0 Å². The van der Waals surface area contributed by atoms with Gasteiger partial charge in [0, 0.05) is 38.4 Å². The van der Waals surface area contributed by atoms with Gasteiger partial charge in [0.1, 0.15) is 6.54 Å². The zero-order chi connectivity index (χ0) is 19.9. The van der Waals surface area contributed by atoms with Gasteiger partial charge in [-0.3, -0.25) is 9.59 Å². The minimum atomic E-state index is -0.111. The molecule has 146 valence electrons. The van der Waals surface area contributed by atoms with E-state index in [0.29, 0.717) is 32.0 Å². The van der Waals surface area contributed by atoms with Gasteiger partial charge in [0.05, 0.1) is 6.54 Å². The molecule has 1 heterocycles. The fourth-order valence-corrected chi connectivity index (χ4v) is 2.79. The van der Waals surface area contributed by atoms with Crippen LogP contribution >= 0.6 is 0 Å². The summed E-state index contributed by atoms with van der Waals surface area (Å²) in [6.07, 6.45) is 4.07. The van der Waals surface area contributed by atoms with Crippen LogP contribution in [-0.2, 0) is 23.2 Å². The van der Waals surface area contributed by atoms with Gasteiger partial charge in [0.25, 0.3) is 0 Å². The Morgan fingerprint density at radius 1 is 1.23 bits per heavy atom. The summed E-state index contributed by atoms with van der Waals surface area (Å²) in [5.41, 5.74) is 0.968. The summed E-state index contributed by atoms with van der Waals surface area (Å²) < 4.78 is 2.02. The third-order valence-corrected chi connectivity index (χ3v) is 4.05. The molecule has 5 nitrogen and oxygen atoms in total. The zero-order valence-electron chi connectivity index (χ0n) is 17.3. The number of amides is 2. The summed E-state index contributed by atoms with van der Waals surface area (Å²) in [7, 11) is 1.98. The highest BCUT2D eigenvalue weighted by atomic mass is 16.2. The highest BCUT2D eigenvalue weighted by Gasteiger charge is 2.25. The predicted molar refractivity (Wildman–Crippen MR) is 107 cm³/mol. The second-order valence-electron chi connectivity index (χ2n) is 8.58. The quantitative estimate of drug-likeness (QED) is 0.632. The van der Waals surface area contributed by atoms with Gasteiger partial charge >= 0.3 is 0 Å². The highest BCUT2D eigenvalue weighted by Crippen LogP contribution is 2.20. The van der Waals surface area contributed by atoms with E-state index in [1.54, 1.807) is 11.0 Å². The monoisotopic (exact) mass is 361 g/mol. The van der Waals surface area contributed by atoms with Gasteiger partial charge < -0.3 is 14.4 Å². The molecular weight excluding hydrogens is 326 g/mol. The molecule has 1 aromatic heterocycles. The van der Waals surface area contributed by atoms with Gasteiger partial charge in [-0.05, 0) is 23.5 Å². The number of aromatic nitrogens is 1. The summed E-state index contributed by atoms with van der Waals surface area (Å²) in [6.45, 7) is 15.7. The Balaban J connectivity index is 2.88. The Morgan fingerprint density at radius 3 is 2.35 bits per heavy atom. The van der Waals surface area contributed by atoms with E-state index < -0.39 is 0 Å². The standard InChI is InChI=1S/C21H35N3O2/c1-8-11-23(19(25)13-21(4,5)6)16-20(26)24(14-17(2)3)15-18-10-9-12-22(18)7/h8-10,12,17H,1,11,13-16H2,2-7H3. The van der Waals surface area contributed by atoms with Crippen molar-refractivity contribution in [3.8, 4) is 0 Å². The van der Waals surface area contributed by atoms with Gasteiger partial charge in [0.2, 0.25) is 11.8 Å². The van der Waals surface area contributed by atoms with Crippen LogP contribution in [0.1, 0.15) is 46.7 Å². The van der Waals surface area contributed by atoms with Crippen LogP contribution in [0.5, 0.6) is 0 Å². The van der Waals surface area contributed by atoms with Crippen LogP contribution in [-0.4, -0.2) is 45.8 Å². The maximum absolute atomic E-state index is 13.0. The topological polar surface area (TPSA) is 45.6 Å². The minimum absolute atomic E-state index is 0.00545. The highest BCUT2D eigenvalue weighted by molar-refractivity contribution is 5.85. The lowest BCUT2D eigenvalue weighted by Gasteiger charge is -2.30. The van der Waals surface area contributed by atoms with Crippen molar-refractivity contribution in [2.24, 2.45) is 18.4 Å². The Hall–Kier alpha value is -2.04. The molecular formula is C21H35N3O2. The lowest BCUT2D eigenvalue weighted by atomic mass is 9.91. The fourth-order valence-electron chi connectivity index (χ4n) is 2.79. The smallest absolute Gasteiger partial charge is 0.242 e. The van der Waals surface area contributed by atoms with Gasteiger partial charge in [-0.25, -0.2) is 0 Å². The molecule has 0 atom stereocenters. The van der Waals surface area contributed by atoms with Crippen molar-refractivity contribution < 1.29 is 9.59 Å². The lowest BCUT2D eigenvalue weighted by Crippen LogP contribution is -2.44. The number of hydrogen-bond donors (Lipinski definition) is 0. The van der Waals surface area contributed by atoms with Crippen molar-refractivity contribution in [1.82, 2.24) is 14.4 Å². The summed E-state index contributed by atoms with van der Waals surface area (Å²) >= 11 is 0. The van der Waals surface area contributed by atoms with Crippen LogP contribution in [0, 0.1) is 11.3 Å². The van der Waals surface area contributed by atoms with Crippen molar-refractivity contribution in [2.45, 2.75) is 47.6 Å². The average Bonchev–Trinajstić information content (AvgIpc) is 2.89. The average molecular weight is 362 g/mol. The molecule has 2 amide bonds. The maximum atomic E-state index is 13.0. The lowest BCUT2D eigenvalue weighted by molar-refractivity contribution is -0.141. The number of aryl methyl sites for hydroxylation is 1. The van der Waals surface area contributed by atoms with Crippen molar-refractivity contribution >= 4 is 11.8 Å². The van der Waals surface area contributed by atoms with Crippen molar-refractivity contribution in [3.05, 3.63) is 36.7 Å². The molecule has 0 spiro atoms. The predicted octanol–water partition coefficient (Wildman–Crippen LogP) is 3.46. The molecule has 0 radical (unpaired) electrons. The van der Waals surface area contributed by atoms with Gasteiger partial charge in [-0.1, -0.05) is 40.7 Å². The SMILES string of the molecule is C=CCN(CC(=O)N(Cc1cccn1C)CC(C)C)C(=O)CC(C)(C)C. The second-order valence-corrected chi connectivity index (χ2v) is 8.58. The molecule has 0 fully saturated rings. The van der Waals surface area contributed by atoms with E-state index in [4.69, 9.17) is 0 Å². The molecule has 0 bridgehead atoms. The summed E-state index contributed by atoms with van der Waals surface area (Å²) in [5, 5.41) is 0. The zero-order valence-corrected chi connectivity index (χ0v) is 17.3. The molecule has 1 aromatic rings. The van der Waals surface area contributed by atoms with Crippen LogP contribution < -0.4 is 0 Å². The van der Waals surface area contributed by atoms with E-state index >= 15 is 0 Å². The molecule has 0 aromatic carbocycles. The first-order chi connectivity index (χ1) is 12.0. The van der Waals surface area contributed by atoms with Crippen molar-refractivity contribution in [1.29, 1.82) is 0 Å². The van der Waals surface area contributed by atoms with E-state index in [0.717, 1.165) is 5.69 Å². The molecule has 0 aliphatic rings. The Morgan fingerprint density at radius 2 is 1.88 bits per heavy atom. The second kappa shape index (κ2) is 9.60. The number of rotatable bonds is 9. The Labute approximate surface area is 158 Å². The first kappa shape index (κ1) is 22.0. The fraction of sp³-hybridized carbons (Fsp3) is 0.619. The Kier molecular flexibility index (Phi) is 8.12. The van der Waals surface area contributed by atoms with Crippen LogP contribution in [0.2, 0.25) is 0 Å². The number of hydrogen-bond acceptors (Lipinski definition) is 2. The molecule has 0 aliphatic carbocycles. The number of nitrogens with zero attached hydrogens (tertiary/aromatic N) is 3. The van der Waals surface area contributed by atoms with E-state index in [-0.39, 0.29) is 23.8 Å². The summed E-state index contributed by atoms with van der Waals surface area (Å²) in [4.78, 5) is 29.0. The van der Waals surface area contributed by atoms with Crippen molar-refractivity contribution in [2.75, 3.05) is 19.6 Å².